The van der Waals surface area contributed by atoms with E-state index in [4.69, 9.17) is 0 Å². The van der Waals surface area contributed by atoms with Gasteiger partial charge in [0.1, 0.15) is 0 Å². The summed E-state index contributed by atoms with van der Waals surface area (Å²) in [4.78, 5) is 14.3. The molecule has 58 valence electrons. The Morgan fingerprint density at radius 2 is 1.80 bits per heavy atom. The van der Waals surface area contributed by atoms with Crippen molar-refractivity contribution in [3.05, 3.63) is 20.2 Å². The molecule has 0 saturated heterocycles. The molecule has 0 aromatic carbocycles. The van der Waals surface area contributed by atoms with Crippen molar-refractivity contribution in [3.8, 4) is 0 Å². The third kappa shape index (κ3) is 2.35. The Balaban J connectivity index is 0.000000371. The van der Waals surface area contributed by atoms with E-state index in [1.54, 1.807) is 0 Å². The van der Waals surface area contributed by atoms with E-state index in [-0.39, 0.29) is 4.87 Å². The summed E-state index contributed by atoms with van der Waals surface area (Å²) >= 11 is 1.26. The van der Waals surface area contributed by atoms with Crippen LogP contribution in [0.25, 0.3) is 0 Å². The Labute approximate surface area is 64.9 Å². The van der Waals surface area contributed by atoms with Gasteiger partial charge in [0.05, 0.1) is 0 Å². The molecule has 0 aliphatic heterocycles. The topological polar surface area (TPSA) is 32.9 Å². The Hall–Kier alpha value is -0.570. The first-order chi connectivity index (χ1) is 4.70. The van der Waals surface area contributed by atoms with Crippen LogP contribution in [-0.4, -0.2) is 4.98 Å². The molecule has 0 amide bonds. The lowest BCUT2D eigenvalue weighted by Gasteiger charge is -1.78. The maximum Gasteiger partial charge on any atom is 0.304 e. The van der Waals surface area contributed by atoms with Gasteiger partial charge >= 0.3 is 4.87 Å². The van der Waals surface area contributed by atoms with Crippen LogP contribution in [0.2, 0.25) is 0 Å². The fourth-order valence-electron chi connectivity index (χ4n) is 0.482. The lowest BCUT2D eigenvalue weighted by molar-refractivity contribution is 1.19. The van der Waals surface area contributed by atoms with Crippen molar-refractivity contribution in [1.29, 1.82) is 0 Å². The Morgan fingerprint density at radius 3 is 1.90 bits per heavy atom. The fourth-order valence-corrected chi connectivity index (χ4v) is 1.17. The molecule has 0 aliphatic carbocycles. The third-order valence-corrected chi connectivity index (χ3v) is 1.96. The first-order valence-corrected chi connectivity index (χ1v) is 4.18. The number of aromatic nitrogens is 1. The number of hydrogen-bond acceptors (Lipinski definition) is 2. The molecule has 3 heteroatoms. The molecule has 0 aliphatic rings. The van der Waals surface area contributed by atoms with Crippen LogP contribution in [0.5, 0.6) is 0 Å². The lowest BCUT2D eigenvalue weighted by atomic mass is 10.4. The highest BCUT2D eigenvalue weighted by atomic mass is 32.1. The van der Waals surface area contributed by atoms with E-state index in [0.29, 0.717) is 0 Å². The quantitative estimate of drug-likeness (QED) is 0.617. The average Bonchev–Trinajstić information content (AvgIpc) is 2.16. The van der Waals surface area contributed by atoms with Crippen molar-refractivity contribution in [2.75, 3.05) is 0 Å². The van der Waals surface area contributed by atoms with Gasteiger partial charge in [-0.25, -0.2) is 0 Å². The molecule has 0 spiro atoms. The standard InChI is InChI=1S/C5H7NOS.C2H6/c1-3-4(2)8-5(7)6-3;1-2/h1-2H3,(H,6,7);1-2H3. The predicted octanol–water partition coefficient (Wildman–Crippen LogP) is 2.08. The van der Waals surface area contributed by atoms with E-state index in [0.717, 1.165) is 10.6 Å². The average molecular weight is 159 g/mol. The van der Waals surface area contributed by atoms with Crippen LogP contribution in [-0.2, 0) is 0 Å². The molecule has 0 unspecified atom stereocenters. The first kappa shape index (κ1) is 9.43. The molecule has 1 heterocycles. The van der Waals surface area contributed by atoms with Crippen LogP contribution in [0.1, 0.15) is 24.4 Å². The second-order valence-corrected chi connectivity index (χ2v) is 2.88. The van der Waals surface area contributed by atoms with Crippen LogP contribution >= 0.6 is 11.3 Å². The SMILES string of the molecule is CC.Cc1[nH]c(=O)sc1C. The van der Waals surface area contributed by atoms with E-state index >= 15 is 0 Å². The van der Waals surface area contributed by atoms with Gasteiger partial charge in [-0.05, 0) is 13.8 Å². The summed E-state index contributed by atoms with van der Waals surface area (Å²) in [6.07, 6.45) is 0. The van der Waals surface area contributed by atoms with Crippen molar-refractivity contribution >= 4 is 11.3 Å². The van der Waals surface area contributed by atoms with Crippen molar-refractivity contribution < 1.29 is 0 Å². The van der Waals surface area contributed by atoms with Crippen LogP contribution in [0.3, 0.4) is 0 Å². The van der Waals surface area contributed by atoms with E-state index in [1.165, 1.54) is 11.3 Å². The molecule has 1 rings (SSSR count). The molecule has 1 N–H and O–H groups in total. The minimum Gasteiger partial charge on any atom is -0.317 e. The Bertz CT molecular complexity index is 213. The maximum atomic E-state index is 10.5. The molecular weight excluding hydrogens is 146 g/mol. The maximum absolute atomic E-state index is 10.5. The molecule has 0 radical (unpaired) electrons. The molecule has 0 atom stereocenters. The van der Waals surface area contributed by atoms with Crippen LogP contribution < -0.4 is 4.87 Å². The van der Waals surface area contributed by atoms with E-state index < -0.39 is 0 Å². The number of aromatic amines is 1. The summed E-state index contributed by atoms with van der Waals surface area (Å²) in [5, 5.41) is 0. The first-order valence-electron chi connectivity index (χ1n) is 3.36. The van der Waals surface area contributed by atoms with Gasteiger partial charge in [0.2, 0.25) is 0 Å². The van der Waals surface area contributed by atoms with Crippen molar-refractivity contribution in [2.45, 2.75) is 27.7 Å². The normalized spacial score (nSPS) is 8.40. The van der Waals surface area contributed by atoms with Gasteiger partial charge in [-0.15, -0.1) is 0 Å². The minimum atomic E-state index is 0.0417. The summed E-state index contributed by atoms with van der Waals surface area (Å²) in [6.45, 7) is 7.82. The van der Waals surface area contributed by atoms with Gasteiger partial charge in [-0.3, -0.25) is 4.79 Å². The van der Waals surface area contributed by atoms with Gasteiger partial charge in [0.15, 0.2) is 0 Å². The lowest BCUT2D eigenvalue weighted by Crippen LogP contribution is -1.90. The second kappa shape index (κ2) is 4.28. The largest absolute Gasteiger partial charge is 0.317 e. The van der Waals surface area contributed by atoms with E-state index in [9.17, 15) is 4.79 Å². The van der Waals surface area contributed by atoms with E-state index in [2.05, 4.69) is 4.98 Å². The van der Waals surface area contributed by atoms with Gasteiger partial charge in [0.25, 0.3) is 0 Å². The van der Waals surface area contributed by atoms with Gasteiger partial charge in [-0.1, -0.05) is 25.2 Å². The number of hydrogen-bond donors (Lipinski definition) is 1. The molecule has 2 nitrogen and oxygen atoms in total. The van der Waals surface area contributed by atoms with Gasteiger partial charge in [0, 0.05) is 10.6 Å². The minimum absolute atomic E-state index is 0.0417. The summed E-state index contributed by atoms with van der Waals surface area (Å²) in [6, 6.07) is 0. The zero-order valence-electron chi connectivity index (χ0n) is 6.82. The van der Waals surface area contributed by atoms with Crippen LogP contribution in [0.15, 0.2) is 4.79 Å². The number of nitrogens with one attached hydrogen (secondary N) is 1. The molecule has 10 heavy (non-hydrogen) atoms. The van der Waals surface area contributed by atoms with Crippen molar-refractivity contribution in [1.82, 2.24) is 4.98 Å². The van der Waals surface area contributed by atoms with Crippen molar-refractivity contribution in [3.63, 3.8) is 0 Å². The van der Waals surface area contributed by atoms with Crippen molar-refractivity contribution in [2.24, 2.45) is 0 Å². The molecule has 0 saturated carbocycles. The molecule has 0 bridgehead atoms. The Morgan fingerprint density at radius 1 is 1.30 bits per heavy atom. The fraction of sp³-hybridized carbons (Fsp3) is 0.571. The highest BCUT2D eigenvalue weighted by Gasteiger charge is 1.93. The summed E-state index contributed by atoms with van der Waals surface area (Å²) in [7, 11) is 0. The third-order valence-electron chi connectivity index (χ3n) is 1.06. The number of thiazole rings is 1. The second-order valence-electron chi connectivity index (χ2n) is 1.70. The van der Waals surface area contributed by atoms with E-state index in [1.807, 2.05) is 27.7 Å². The van der Waals surface area contributed by atoms with Gasteiger partial charge < -0.3 is 4.98 Å². The summed E-state index contributed by atoms with van der Waals surface area (Å²) < 4.78 is 0. The summed E-state index contributed by atoms with van der Waals surface area (Å²) in [5.74, 6) is 0. The smallest absolute Gasteiger partial charge is 0.304 e. The van der Waals surface area contributed by atoms with Gasteiger partial charge in [-0.2, -0.15) is 0 Å². The molecule has 0 fully saturated rings. The number of rotatable bonds is 0. The highest BCUT2D eigenvalue weighted by Crippen LogP contribution is 2.02. The van der Waals surface area contributed by atoms with Crippen LogP contribution in [0, 0.1) is 13.8 Å². The van der Waals surface area contributed by atoms with Crippen LogP contribution in [0.4, 0.5) is 0 Å². The summed E-state index contributed by atoms with van der Waals surface area (Å²) in [5.41, 5.74) is 0.986. The molecule has 1 aromatic rings. The monoisotopic (exact) mass is 159 g/mol. The zero-order valence-corrected chi connectivity index (χ0v) is 7.63. The molecule has 1 aromatic heterocycles. The predicted molar refractivity (Wildman–Crippen MR) is 45.8 cm³/mol. The highest BCUT2D eigenvalue weighted by molar-refractivity contribution is 7.09. The molecular formula is C7H13NOS. The zero-order chi connectivity index (χ0) is 8.15. The number of H-pyrrole nitrogens is 1. The number of aryl methyl sites for hydroxylation is 2. The Kier molecular flexibility index (Phi) is 4.03.